The fourth-order valence-electron chi connectivity index (χ4n) is 1.79. The quantitative estimate of drug-likeness (QED) is 0.858. The largest absolute Gasteiger partial charge is 0.463 e. The normalized spacial score (nSPS) is 10.1. The van der Waals surface area contributed by atoms with Crippen LogP contribution in [0.4, 0.5) is 4.79 Å². The van der Waals surface area contributed by atoms with Gasteiger partial charge in [-0.2, -0.15) is 0 Å². The Morgan fingerprint density at radius 2 is 1.43 bits per heavy atom. The molecule has 0 radical (unpaired) electrons. The number of carbonyl (C=O) groups excluding carboxylic acids is 1. The maximum Gasteiger partial charge on any atom is 0.439 e. The Morgan fingerprint density at radius 1 is 0.905 bits per heavy atom. The summed E-state index contributed by atoms with van der Waals surface area (Å²) in [5, 5.41) is 9.47. The highest BCUT2D eigenvalue weighted by atomic mass is 16.7. The van der Waals surface area contributed by atoms with E-state index in [-0.39, 0.29) is 13.0 Å². The van der Waals surface area contributed by atoms with E-state index in [1.54, 1.807) is 36.4 Å². The van der Waals surface area contributed by atoms with Crippen LogP contribution in [-0.2, 0) is 22.7 Å². The highest BCUT2D eigenvalue weighted by Gasteiger charge is 2.22. The smallest absolute Gasteiger partial charge is 0.439 e. The lowest BCUT2D eigenvalue weighted by atomic mass is 10.1. The molecule has 0 atom stereocenters. The molecule has 21 heavy (non-hydrogen) atoms. The molecule has 2 amide bonds. The predicted octanol–water partition coefficient (Wildman–Crippen LogP) is 2.87. The summed E-state index contributed by atoms with van der Waals surface area (Å²) < 4.78 is 0. The molecule has 2 rings (SSSR count). The van der Waals surface area contributed by atoms with Crippen molar-refractivity contribution in [1.29, 1.82) is 0 Å². The van der Waals surface area contributed by atoms with Crippen molar-refractivity contribution in [1.82, 2.24) is 5.06 Å². The van der Waals surface area contributed by atoms with Crippen molar-refractivity contribution in [3.8, 4) is 0 Å². The molecule has 0 spiro atoms. The van der Waals surface area contributed by atoms with Crippen molar-refractivity contribution in [2.45, 2.75) is 13.0 Å². The van der Waals surface area contributed by atoms with Crippen molar-refractivity contribution in [2.75, 3.05) is 0 Å². The fraction of sp³-hybridized carbons (Fsp3) is 0.125. The lowest BCUT2D eigenvalue weighted by Crippen LogP contribution is -2.36. The molecule has 0 fully saturated rings. The molecular formula is C16H15NO4. The third kappa shape index (κ3) is 4.43. The fourth-order valence-corrected chi connectivity index (χ4v) is 1.79. The summed E-state index contributed by atoms with van der Waals surface area (Å²) in [4.78, 5) is 28.2. The Kier molecular flexibility index (Phi) is 5.06. The zero-order valence-electron chi connectivity index (χ0n) is 11.3. The number of hydrogen-bond acceptors (Lipinski definition) is 3. The lowest BCUT2D eigenvalue weighted by Gasteiger charge is -2.16. The summed E-state index contributed by atoms with van der Waals surface area (Å²) in [6.45, 7) is 0.0215. The van der Waals surface area contributed by atoms with E-state index in [2.05, 4.69) is 0 Å². The molecule has 5 heteroatoms. The topological polar surface area (TPSA) is 66.8 Å². The van der Waals surface area contributed by atoms with Crippen LogP contribution in [0.2, 0.25) is 0 Å². The Balaban J connectivity index is 1.98. The van der Waals surface area contributed by atoms with E-state index in [9.17, 15) is 9.59 Å². The van der Waals surface area contributed by atoms with Crippen LogP contribution in [0, 0.1) is 0 Å². The zero-order valence-corrected chi connectivity index (χ0v) is 11.3. The van der Waals surface area contributed by atoms with Crippen LogP contribution in [0.25, 0.3) is 0 Å². The average Bonchev–Trinajstić information content (AvgIpc) is 2.49. The van der Waals surface area contributed by atoms with E-state index in [4.69, 9.17) is 9.94 Å². The highest BCUT2D eigenvalue weighted by Crippen LogP contribution is 2.07. The summed E-state index contributed by atoms with van der Waals surface area (Å²) >= 11 is 0. The van der Waals surface area contributed by atoms with Crippen LogP contribution in [0.1, 0.15) is 11.1 Å². The van der Waals surface area contributed by atoms with Gasteiger partial charge >= 0.3 is 6.09 Å². The van der Waals surface area contributed by atoms with Gasteiger partial charge in [0.05, 0.1) is 6.42 Å². The monoisotopic (exact) mass is 285 g/mol. The van der Waals surface area contributed by atoms with Gasteiger partial charge in [-0.3, -0.25) is 9.63 Å². The first kappa shape index (κ1) is 14.7. The van der Waals surface area contributed by atoms with Gasteiger partial charge in [0.1, 0.15) is 6.61 Å². The minimum atomic E-state index is -1.42. The second-order valence-corrected chi connectivity index (χ2v) is 4.39. The molecule has 0 saturated heterocycles. The molecule has 108 valence electrons. The molecule has 2 aromatic carbocycles. The van der Waals surface area contributed by atoms with E-state index < -0.39 is 12.0 Å². The first-order valence-corrected chi connectivity index (χ1v) is 6.43. The van der Waals surface area contributed by atoms with Crippen LogP contribution in [0.3, 0.4) is 0 Å². The Labute approximate surface area is 122 Å². The van der Waals surface area contributed by atoms with Gasteiger partial charge in [0.25, 0.3) is 5.91 Å². The maximum atomic E-state index is 12.0. The van der Waals surface area contributed by atoms with Crippen molar-refractivity contribution >= 4 is 12.0 Å². The third-order valence-electron chi connectivity index (χ3n) is 2.80. The molecule has 1 N–H and O–H groups in total. The van der Waals surface area contributed by atoms with E-state index in [0.717, 1.165) is 11.1 Å². The van der Waals surface area contributed by atoms with Gasteiger partial charge in [-0.05, 0) is 11.1 Å². The van der Waals surface area contributed by atoms with Gasteiger partial charge in [0.15, 0.2) is 0 Å². The number of carbonyl (C=O) groups is 2. The maximum absolute atomic E-state index is 12.0. The average molecular weight is 285 g/mol. The van der Waals surface area contributed by atoms with Gasteiger partial charge in [-0.25, -0.2) is 4.79 Å². The second-order valence-electron chi connectivity index (χ2n) is 4.39. The van der Waals surface area contributed by atoms with E-state index >= 15 is 0 Å². The van der Waals surface area contributed by atoms with Crippen LogP contribution in [0.15, 0.2) is 60.7 Å². The molecule has 0 bridgehead atoms. The van der Waals surface area contributed by atoms with Crippen LogP contribution < -0.4 is 0 Å². The number of nitrogens with zero attached hydrogens (tertiary/aromatic N) is 1. The second kappa shape index (κ2) is 7.21. The summed E-state index contributed by atoms with van der Waals surface area (Å²) in [6.07, 6.45) is -1.45. The summed E-state index contributed by atoms with van der Waals surface area (Å²) in [5.41, 5.74) is 1.52. The van der Waals surface area contributed by atoms with Gasteiger partial charge in [-0.1, -0.05) is 60.7 Å². The van der Waals surface area contributed by atoms with Gasteiger partial charge in [-0.15, -0.1) is 5.06 Å². The van der Waals surface area contributed by atoms with E-state index in [0.29, 0.717) is 5.06 Å². The van der Waals surface area contributed by atoms with E-state index in [1.165, 1.54) is 0 Å². The number of hydroxylamine groups is 2. The first-order chi connectivity index (χ1) is 10.2. The Morgan fingerprint density at radius 3 is 1.95 bits per heavy atom. The minimum absolute atomic E-state index is 0.0215. The minimum Gasteiger partial charge on any atom is -0.463 e. The first-order valence-electron chi connectivity index (χ1n) is 6.43. The number of hydrogen-bond donors (Lipinski definition) is 1. The predicted molar refractivity (Wildman–Crippen MR) is 76.2 cm³/mol. The Hall–Kier alpha value is -2.66. The molecular weight excluding hydrogens is 270 g/mol. The van der Waals surface area contributed by atoms with Gasteiger partial charge in [0, 0.05) is 0 Å². The number of imide groups is 1. The molecule has 0 aliphatic heterocycles. The number of carboxylic acid groups (broad SMARTS) is 1. The standard InChI is InChI=1S/C16H15NO4/c18-15(11-13-7-3-1-4-8-13)17(16(19)20)21-12-14-9-5-2-6-10-14/h1-10H,11-12H2,(H,19,20). The summed E-state index contributed by atoms with van der Waals surface area (Å²) in [5.74, 6) is -0.621. The molecule has 0 saturated carbocycles. The van der Waals surface area contributed by atoms with Crippen molar-refractivity contribution in [3.05, 3.63) is 71.8 Å². The molecule has 0 aromatic heterocycles. The van der Waals surface area contributed by atoms with Crippen LogP contribution in [0.5, 0.6) is 0 Å². The molecule has 5 nitrogen and oxygen atoms in total. The van der Waals surface area contributed by atoms with Crippen molar-refractivity contribution in [3.63, 3.8) is 0 Å². The number of rotatable bonds is 5. The van der Waals surface area contributed by atoms with Gasteiger partial charge in [0.2, 0.25) is 0 Å². The third-order valence-corrected chi connectivity index (χ3v) is 2.80. The highest BCUT2D eigenvalue weighted by molar-refractivity contribution is 5.90. The van der Waals surface area contributed by atoms with E-state index in [1.807, 2.05) is 24.3 Å². The van der Waals surface area contributed by atoms with Crippen molar-refractivity contribution < 1.29 is 19.5 Å². The van der Waals surface area contributed by atoms with Crippen LogP contribution in [-0.4, -0.2) is 22.2 Å². The van der Waals surface area contributed by atoms with Crippen molar-refractivity contribution in [2.24, 2.45) is 0 Å². The zero-order chi connectivity index (χ0) is 15.1. The molecule has 0 unspecified atom stereocenters. The molecule has 0 aliphatic carbocycles. The van der Waals surface area contributed by atoms with Crippen LogP contribution >= 0.6 is 0 Å². The lowest BCUT2D eigenvalue weighted by molar-refractivity contribution is -0.176. The molecule has 0 heterocycles. The molecule has 2 aromatic rings. The summed E-state index contributed by atoms with van der Waals surface area (Å²) in [6, 6.07) is 18.0. The molecule has 0 aliphatic rings. The summed E-state index contributed by atoms with van der Waals surface area (Å²) in [7, 11) is 0. The SMILES string of the molecule is O=C(O)N(OCc1ccccc1)C(=O)Cc1ccccc1. The number of amides is 2. The Bertz CT molecular complexity index is 598. The van der Waals surface area contributed by atoms with Gasteiger partial charge < -0.3 is 5.11 Å². The number of benzene rings is 2.